The predicted octanol–water partition coefficient (Wildman–Crippen LogP) is 7.85. The van der Waals surface area contributed by atoms with Gasteiger partial charge < -0.3 is 4.42 Å². The number of thioether (sulfide) groups is 1. The molecule has 2 heterocycles. The molecule has 186 valence electrons. The number of amides is 1. The van der Waals surface area contributed by atoms with Crippen LogP contribution in [0.15, 0.2) is 111 Å². The Bertz CT molecular complexity index is 1490. The molecule has 1 aliphatic rings. The zero-order chi connectivity index (χ0) is 26.0. The predicted molar refractivity (Wildman–Crippen MR) is 140 cm³/mol. The SMILES string of the molecule is Cc1ccc(SCC2=NN(c3ccccc3)C(=O)/C2=C/c2ccc(-c3cccc(C(F)(F)F)c3)o2)cc1. The molecule has 4 aromatic rings. The van der Waals surface area contributed by atoms with Gasteiger partial charge in [-0.3, -0.25) is 4.79 Å². The number of rotatable bonds is 6. The Morgan fingerprint density at radius 2 is 1.70 bits per heavy atom. The van der Waals surface area contributed by atoms with Gasteiger partial charge in [0.15, 0.2) is 0 Å². The number of aryl methyl sites for hydroxylation is 1. The third-order valence-electron chi connectivity index (χ3n) is 5.74. The fourth-order valence-corrected chi connectivity index (χ4v) is 4.66. The van der Waals surface area contributed by atoms with E-state index in [0.717, 1.165) is 22.6 Å². The topological polar surface area (TPSA) is 45.8 Å². The maximum atomic E-state index is 13.4. The summed E-state index contributed by atoms with van der Waals surface area (Å²) in [4.78, 5) is 14.4. The molecule has 1 aliphatic heterocycles. The summed E-state index contributed by atoms with van der Waals surface area (Å²) >= 11 is 1.56. The van der Waals surface area contributed by atoms with E-state index in [-0.39, 0.29) is 11.7 Å². The molecule has 0 aliphatic carbocycles. The molecule has 8 heteroatoms. The molecule has 0 N–H and O–H groups in total. The van der Waals surface area contributed by atoms with Crippen molar-refractivity contribution < 1.29 is 22.4 Å². The van der Waals surface area contributed by atoms with Crippen LogP contribution in [0.1, 0.15) is 16.9 Å². The van der Waals surface area contributed by atoms with Gasteiger partial charge in [0.1, 0.15) is 11.5 Å². The van der Waals surface area contributed by atoms with Crippen LogP contribution in [0.5, 0.6) is 0 Å². The first-order valence-corrected chi connectivity index (χ1v) is 12.4. The molecule has 0 bridgehead atoms. The van der Waals surface area contributed by atoms with Crippen molar-refractivity contribution in [3.63, 3.8) is 0 Å². The molecule has 4 nitrogen and oxygen atoms in total. The minimum atomic E-state index is -4.45. The normalized spacial score (nSPS) is 14.9. The number of para-hydroxylation sites is 1. The van der Waals surface area contributed by atoms with Gasteiger partial charge in [-0.2, -0.15) is 23.3 Å². The number of hydrogen-bond donors (Lipinski definition) is 0. The van der Waals surface area contributed by atoms with Gasteiger partial charge in [-0.25, -0.2) is 0 Å². The summed E-state index contributed by atoms with van der Waals surface area (Å²) in [6.07, 6.45) is -2.86. The quantitative estimate of drug-likeness (QED) is 0.193. The van der Waals surface area contributed by atoms with Crippen LogP contribution in [-0.2, 0) is 11.0 Å². The Morgan fingerprint density at radius 1 is 0.946 bits per heavy atom. The molecule has 0 atom stereocenters. The fraction of sp³-hybridized carbons (Fsp3) is 0.103. The minimum Gasteiger partial charge on any atom is -0.457 e. The van der Waals surface area contributed by atoms with Crippen molar-refractivity contribution in [1.29, 1.82) is 0 Å². The Hall–Kier alpha value is -4.04. The smallest absolute Gasteiger partial charge is 0.416 e. The average molecular weight is 519 g/mol. The van der Waals surface area contributed by atoms with E-state index in [9.17, 15) is 18.0 Å². The molecular weight excluding hydrogens is 497 g/mol. The van der Waals surface area contributed by atoms with Crippen LogP contribution in [0.2, 0.25) is 0 Å². The number of benzene rings is 3. The first kappa shape index (κ1) is 24.6. The number of hydrazone groups is 1. The van der Waals surface area contributed by atoms with Crippen molar-refractivity contribution in [2.45, 2.75) is 18.0 Å². The van der Waals surface area contributed by atoms with Gasteiger partial charge in [0.25, 0.3) is 5.91 Å². The first-order chi connectivity index (χ1) is 17.8. The molecule has 37 heavy (non-hydrogen) atoms. The number of carbonyl (C=O) groups excluding carboxylic acids is 1. The third-order valence-corrected chi connectivity index (χ3v) is 6.76. The number of alkyl halides is 3. The Kier molecular flexibility index (Phi) is 6.76. The van der Waals surface area contributed by atoms with E-state index in [1.165, 1.54) is 11.1 Å². The lowest BCUT2D eigenvalue weighted by atomic mass is 10.1. The second kappa shape index (κ2) is 10.1. The maximum absolute atomic E-state index is 13.4. The van der Waals surface area contributed by atoms with E-state index in [2.05, 4.69) is 5.10 Å². The first-order valence-electron chi connectivity index (χ1n) is 11.4. The molecule has 3 aromatic carbocycles. The summed E-state index contributed by atoms with van der Waals surface area (Å²) < 4.78 is 45.3. The van der Waals surface area contributed by atoms with E-state index in [1.807, 2.05) is 49.4 Å². The molecular formula is C29H21F3N2O2S. The largest absolute Gasteiger partial charge is 0.457 e. The maximum Gasteiger partial charge on any atom is 0.416 e. The Labute approximate surface area is 216 Å². The number of hydrogen-bond acceptors (Lipinski definition) is 4. The van der Waals surface area contributed by atoms with Crippen molar-refractivity contribution in [3.05, 3.63) is 113 Å². The lowest BCUT2D eigenvalue weighted by Crippen LogP contribution is -2.21. The number of furan rings is 1. The summed E-state index contributed by atoms with van der Waals surface area (Å²) in [6.45, 7) is 2.02. The fourth-order valence-electron chi connectivity index (χ4n) is 3.82. The monoisotopic (exact) mass is 518 g/mol. The van der Waals surface area contributed by atoms with Gasteiger partial charge >= 0.3 is 6.18 Å². The van der Waals surface area contributed by atoms with Gasteiger partial charge in [0.2, 0.25) is 0 Å². The third kappa shape index (κ3) is 5.54. The Balaban J connectivity index is 1.45. The van der Waals surface area contributed by atoms with E-state index in [0.29, 0.717) is 34.0 Å². The molecule has 0 saturated carbocycles. The standard InChI is InChI=1S/C29H21F3N2O2S/c1-19-10-13-24(14-11-19)37-18-26-25(28(35)34(33-26)22-8-3-2-4-9-22)17-23-12-15-27(36-23)20-6-5-7-21(16-20)29(30,31)32/h2-17H,18H2,1H3/b25-17+. The molecule has 1 aromatic heterocycles. The molecule has 0 unspecified atom stereocenters. The average Bonchev–Trinajstić information content (AvgIpc) is 3.49. The van der Waals surface area contributed by atoms with E-state index in [4.69, 9.17) is 4.42 Å². The van der Waals surface area contributed by atoms with E-state index >= 15 is 0 Å². The van der Waals surface area contributed by atoms with Crippen LogP contribution < -0.4 is 5.01 Å². The number of anilines is 1. The van der Waals surface area contributed by atoms with Crippen molar-refractivity contribution in [3.8, 4) is 11.3 Å². The zero-order valence-electron chi connectivity index (χ0n) is 19.7. The molecule has 0 spiro atoms. The summed E-state index contributed by atoms with van der Waals surface area (Å²) in [6, 6.07) is 25.4. The minimum absolute atomic E-state index is 0.274. The zero-order valence-corrected chi connectivity index (χ0v) is 20.5. The number of nitrogens with zero attached hydrogens (tertiary/aromatic N) is 2. The molecule has 0 saturated heterocycles. The highest BCUT2D eigenvalue weighted by Gasteiger charge is 2.32. The van der Waals surface area contributed by atoms with Crippen LogP contribution in [0.25, 0.3) is 17.4 Å². The number of carbonyl (C=O) groups is 1. The summed E-state index contributed by atoms with van der Waals surface area (Å²) in [5.74, 6) is 0.766. The summed E-state index contributed by atoms with van der Waals surface area (Å²) in [5.41, 5.74) is 2.28. The number of halogens is 3. The summed E-state index contributed by atoms with van der Waals surface area (Å²) in [5, 5.41) is 5.95. The highest BCUT2D eigenvalue weighted by Crippen LogP contribution is 2.34. The van der Waals surface area contributed by atoms with Crippen molar-refractivity contribution in [2.24, 2.45) is 5.10 Å². The van der Waals surface area contributed by atoms with Crippen LogP contribution in [0.3, 0.4) is 0 Å². The highest BCUT2D eigenvalue weighted by atomic mass is 32.2. The molecule has 0 fully saturated rings. The highest BCUT2D eigenvalue weighted by molar-refractivity contribution is 8.00. The van der Waals surface area contributed by atoms with E-state index < -0.39 is 11.7 Å². The van der Waals surface area contributed by atoms with Gasteiger partial charge in [-0.05, 0) is 61.5 Å². The second-order valence-corrected chi connectivity index (χ2v) is 9.49. The molecule has 5 rings (SSSR count). The lowest BCUT2D eigenvalue weighted by Gasteiger charge is -2.10. The van der Waals surface area contributed by atoms with Gasteiger partial charge in [0, 0.05) is 16.2 Å². The van der Waals surface area contributed by atoms with Crippen LogP contribution in [0, 0.1) is 6.92 Å². The van der Waals surface area contributed by atoms with E-state index in [1.54, 1.807) is 48.2 Å². The van der Waals surface area contributed by atoms with Crippen LogP contribution >= 0.6 is 11.8 Å². The lowest BCUT2D eigenvalue weighted by molar-refractivity contribution is -0.137. The van der Waals surface area contributed by atoms with Gasteiger partial charge in [-0.15, -0.1) is 11.8 Å². The van der Waals surface area contributed by atoms with Crippen molar-refractivity contribution >= 4 is 35.1 Å². The van der Waals surface area contributed by atoms with Crippen molar-refractivity contribution in [2.75, 3.05) is 10.8 Å². The van der Waals surface area contributed by atoms with Crippen LogP contribution in [-0.4, -0.2) is 17.4 Å². The summed E-state index contributed by atoms with van der Waals surface area (Å²) in [7, 11) is 0. The van der Waals surface area contributed by atoms with Crippen molar-refractivity contribution in [1.82, 2.24) is 0 Å². The van der Waals surface area contributed by atoms with Gasteiger partial charge in [-0.1, -0.05) is 48.0 Å². The second-order valence-electron chi connectivity index (χ2n) is 8.44. The van der Waals surface area contributed by atoms with Gasteiger partial charge in [0.05, 0.1) is 22.5 Å². The Morgan fingerprint density at radius 3 is 2.43 bits per heavy atom. The van der Waals surface area contributed by atoms with Crippen LogP contribution in [0.4, 0.5) is 18.9 Å². The molecule has 1 amide bonds. The molecule has 0 radical (unpaired) electrons.